The molecule has 1 heterocycles. The van der Waals surface area contributed by atoms with Gasteiger partial charge < -0.3 is 15.7 Å². The zero-order valence-corrected chi connectivity index (χ0v) is 8.97. The molecule has 3 N–H and O–H groups in total. The van der Waals surface area contributed by atoms with Gasteiger partial charge in [0.15, 0.2) is 5.84 Å². The van der Waals surface area contributed by atoms with Crippen molar-refractivity contribution < 1.29 is 9.94 Å². The van der Waals surface area contributed by atoms with Crippen molar-refractivity contribution in [2.24, 2.45) is 10.9 Å². The normalized spacial score (nSPS) is 17.6. The molecule has 0 saturated heterocycles. The lowest BCUT2D eigenvalue weighted by atomic mass is 10.2. The molecule has 16 heavy (non-hydrogen) atoms. The van der Waals surface area contributed by atoms with E-state index in [9.17, 15) is 0 Å². The van der Waals surface area contributed by atoms with Crippen LogP contribution in [0.2, 0.25) is 0 Å². The Morgan fingerprint density at radius 1 is 1.44 bits per heavy atom. The summed E-state index contributed by atoms with van der Waals surface area (Å²) in [5, 5.41) is 11.4. The molecule has 0 aromatic carbocycles. The largest absolute Gasteiger partial charge is 0.474 e. The number of hydrogen-bond donors (Lipinski definition) is 2. The molecule has 0 amide bonds. The second kappa shape index (κ2) is 4.83. The number of oxime groups is 1. The zero-order chi connectivity index (χ0) is 11.4. The van der Waals surface area contributed by atoms with Gasteiger partial charge in [-0.05, 0) is 31.7 Å². The third-order valence-electron chi connectivity index (χ3n) is 2.73. The summed E-state index contributed by atoms with van der Waals surface area (Å²) in [7, 11) is 0. The van der Waals surface area contributed by atoms with Crippen LogP contribution >= 0.6 is 0 Å². The maximum atomic E-state index is 8.49. The van der Waals surface area contributed by atoms with Crippen LogP contribution in [0.3, 0.4) is 0 Å². The number of aromatic nitrogens is 1. The van der Waals surface area contributed by atoms with Crippen LogP contribution in [0.4, 0.5) is 0 Å². The fourth-order valence-electron chi connectivity index (χ4n) is 1.84. The molecule has 5 heteroatoms. The van der Waals surface area contributed by atoms with Gasteiger partial charge in [-0.2, -0.15) is 0 Å². The van der Waals surface area contributed by atoms with E-state index in [4.69, 9.17) is 15.7 Å². The Morgan fingerprint density at radius 3 is 2.75 bits per heavy atom. The first kappa shape index (κ1) is 10.7. The molecule has 86 valence electrons. The Bertz CT molecular complexity index is 369. The molecular formula is C11H15N3O2. The van der Waals surface area contributed by atoms with Gasteiger partial charge in [-0.1, -0.05) is 5.16 Å². The van der Waals surface area contributed by atoms with E-state index in [0.717, 1.165) is 12.8 Å². The Balaban J connectivity index is 2.01. The first-order valence-corrected chi connectivity index (χ1v) is 5.40. The number of hydrogen-bond acceptors (Lipinski definition) is 4. The van der Waals surface area contributed by atoms with Gasteiger partial charge in [0.2, 0.25) is 5.88 Å². The third-order valence-corrected chi connectivity index (χ3v) is 2.73. The predicted octanol–water partition coefficient (Wildman–Crippen LogP) is 1.50. The summed E-state index contributed by atoms with van der Waals surface area (Å²) in [5.41, 5.74) is 6.01. The molecule has 1 aliphatic carbocycles. The van der Waals surface area contributed by atoms with E-state index in [1.165, 1.54) is 12.8 Å². The first-order chi connectivity index (χ1) is 7.79. The minimum atomic E-state index is 0.0555. The smallest absolute Gasteiger partial charge is 0.213 e. The number of amidine groups is 1. The van der Waals surface area contributed by atoms with Gasteiger partial charge in [0.1, 0.15) is 6.10 Å². The Hall–Kier alpha value is -1.78. The van der Waals surface area contributed by atoms with E-state index in [0.29, 0.717) is 17.5 Å². The molecule has 1 aromatic rings. The van der Waals surface area contributed by atoms with Crippen LogP contribution in [0.15, 0.2) is 23.5 Å². The highest BCUT2D eigenvalue weighted by molar-refractivity contribution is 5.96. The van der Waals surface area contributed by atoms with Crippen LogP contribution < -0.4 is 10.5 Å². The van der Waals surface area contributed by atoms with Crippen molar-refractivity contribution in [1.82, 2.24) is 4.98 Å². The van der Waals surface area contributed by atoms with Crippen molar-refractivity contribution in [2.75, 3.05) is 0 Å². The topological polar surface area (TPSA) is 80.7 Å². The molecule has 0 radical (unpaired) electrons. The van der Waals surface area contributed by atoms with Crippen LogP contribution in [-0.2, 0) is 0 Å². The predicted molar refractivity (Wildman–Crippen MR) is 59.6 cm³/mol. The van der Waals surface area contributed by atoms with Gasteiger partial charge in [-0.15, -0.1) is 0 Å². The molecule has 0 bridgehead atoms. The number of nitrogens with two attached hydrogens (primary N) is 1. The Labute approximate surface area is 93.9 Å². The second-order valence-electron chi connectivity index (χ2n) is 3.89. The lowest BCUT2D eigenvalue weighted by molar-refractivity contribution is 0.201. The van der Waals surface area contributed by atoms with E-state index in [1.54, 1.807) is 18.3 Å². The molecule has 0 spiro atoms. The molecule has 0 atom stereocenters. The average Bonchev–Trinajstić information content (AvgIpc) is 2.82. The van der Waals surface area contributed by atoms with E-state index in [2.05, 4.69) is 10.1 Å². The van der Waals surface area contributed by atoms with Crippen LogP contribution in [-0.4, -0.2) is 22.1 Å². The maximum Gasteiger partial charge on any atom is 0.213 e. The second-order valence-corrected chi connectivity index (χ2v) is 3.89. The van der Waals surface area contributed by atoms with E-state index < -0.39 is 0 Å². The van der Waals surface area contributed by atoms with E-state index in [-0.39, 0.29) is 5.84 Å². The lowest BCUT2D eigenvalue weighted by Crippen LogP contribution is -2.15. The summed E-state index contributed by atoms with van der Waals surface area (Å²) < 4.78 is 5.69. The van der Waals surface area contributed by atoms with Crippen LogP contribution in [0.25, 0.3) is 0 Å². The first-order valence-electron chi connectivity index (χ1n) is 5.40. The van der Waals surface area contributed by atoms with Crippen molar-refractivity contribution in [3.8, 4) is 5.88 Å². The molecule has 2 rings (SSSR count). The van der Waals surface area contributed by atoms with Crippen LogP contribution in [0.1, 0.15) is 31.2 Å². The average molecular weight is 221 g/mol. The Kier molecular flexibility index (Phi) is 3.24. The van der Waals surface area contributed by atoms with Gasteiger partial charge in [-0.25, -0.2) is 4.98 Å². The third kappa shape index (κ3) is 2.42. The number of rotatable bonds is 3. The summed E-state index contributed by atoms with van der Waals surface area (Å²) >= 11 is 0. The molecule has 1 saturated carbocycles. The summed E-state index contributed by atoms with van der Waals surface area (Å²) in [5.74, 6) is 0.654. The van der Waals surface area contributed by atoms with Crippen molar-refractivity contribution >= 4 is 5.84 Å². The standard InChI is InChI=1S/C11H15N3O2/c12-11(14-15)8-5-6-10(13-7-8)16-9-3-1-2-4-9/h5-7,9,15H,1-4H2,(H2,12,14). The molecule has 1 aliphatic rings. The van der Waals surface area contributed by atoms with Crippen molar-refractivity contribution in [1.29, 1.82) is 0 Å². The van der Waals surface area contributed by atoms with Crippen LogP contribution in [0.5, 0.6) is 5.88 Å². The highest BCUT2D eigenvalue weighted by Gasteiger charge is 2.16. The highest BCUT2D eigenvalue weighted by atomic mass is 16.5. The summed E-state index contributed by atoms with van der Waals surface area (Å²) in [4.78, 5) is 4.12. The lowest BCUT2D eigenvalue weighted by Gasteiger charge is -2.11. The molecule has 5 nitrogen and oxygen atoms in total. The minimum Gasteiger partial charge on any atom is -0.474 e. The van der Waals surface area contributed by atoms with Gasteiger partial charge in [0.05, 0.1) is 0 Å². The monoisotopic (exact) mass is 221 g/mol. The minimum absolute atomic E-state index is 0.0555. The quantitative estimate of drug-likeness (QED) is 0.351. The Morgan fingerprint density at radius 2 is 2.19 bits per heavy atom. The molecule has 0 unspecified atom stereocenters. The summed E-state index contributed by atoms with van der Waals surface area (Å²) in [6.07, 6.45) is 6.49. The molecular weight excluding hydrogens is 206 g/mol. The molecule has 1 fully saturated rings. The number of ether oxygens (including phenoxy) is 1. The van der Waals surface area contributed by atoms with Gasteiger partial charge in [-0.3, -0.25) is 0 Å². The summed E-state index contributed by atoms with van der Waals surface area (Å²) in [6.45, 7) is 0. The van der Waals surface area contributed by atoms with Crippen LogP contribution in [0, 0.1) is 0 Å². The van der Waals surface area contributed by atoms with Crippen molar-refractivity contribution in [2.45, 2.75) is 31.8 Å². The zero-order valence-electron chi connectivity index (χ0n) is 8.97. The van der Waals surface area contributed by atoms with Crippen molar-refractivity contribution in [3.63, 3.8) is 0 Å². The fraction of sp³-hybridized carbons (Fsp3) is 0.455. The highest BCUT2D eigenvalue weighted by Crippen LogP contribution is 2.22. The maximum absolute atomic E-state index is 8.49. The van der Waals surface area contributed by atoms with E-state index in [1.807, 2.05) is 0 Å². The SMILES string of the molecule is N/C(=N\O)c1ccc(OC2CCCC2)nc1. The molecule has 1 aromatic heterocycles. The van der Waals surface area contributed by atoms with Gasteiger partial charge >= 0.3 is 0 Å². The number of pyridine rings is 1. The van der Waals surface area contributed by atoms with Gasteiger partial charge in [0, 0.05) is 17.8 Å². The van der Waals surface area contributed by atoms with Crippen molar-refractivity contribution in [3.05, 3.63) is 23.9 Å². The fourth-order valence-corrected chi connectivity index (χ4v) is 1.84. The number of nitrogens with zero attached hydrogens (tertiary/aromatic N) is 2. The summed E-state index contributed by atoms with van der Waals surface area (Å²) in [6, 6.07) is 3.47. The van der Waals surface area contributed by atoms with Gasteiger partial charge in [0.25, 0.3) is 0 Å². The molecule has 0 aliphatic heterocycles. The van der Waals surface area contributed by atoms with E-state index >= 15 is 0 Å².